The first-order valence-corrected chi connectivity index (χ1v) is 11.4. The summed E-state index contributed by atoms with van der Waals surface area (Å²) in [6.45, 7) is -1.01. The number of nitrogens with zero attached hydrogens (tertiary/aromatic N) is 2. The van der Waals surface area contributed by atoms with Crippen LogP contribution in [0.1, 0.15) is 18.1 Å². The number of alkyl halides is 1. The van der Waals surface area contributed by atoms with Crippen LogP contribution >= 0.6 is 0 Å². The van der Waals surface area contributed by atoms with Gasteiger partial charge in [-0.15, -0.1) is 0 Å². The van der Waals surface area contributed by atoms with Crippen molar-refractivity contribution in [1.29, 1.82) is 0 Å². The SMILES string of the molecule is CNS(=O)(=O)Nc1cccc(Cc2c(CF)c3ccc(Oc4ncccn4)cc3oc2=O)c1F.[H-].[Na+]. The molecule has 2 aromatic heterocycles. The van der Waals surface area contributed by atoms with Crippen LogP contribution in [0.5, 0.6) is 11.8 Å². The minimum Gasteiger partial charge on any atom is -1.00 e. The Morgan fingerprint density at radius 2 is 1.86 bits per heavy atom. The van der Waals surface area contributed by atoms with Crippen molar-refractivity contribution >= 4 is 26.9 Å². The molecule has 9 nitrogen and oxygen atoms in total. The van der Waals surface area contributed by atoms with Crippen LogP contribution < -0.4 is 49.4 Å². The van der Waals surface area contributed by atoms with E-state index in [0.29, 0.717) is 5.39 Å². The van der Waals surface area contributed by atoms with Crippen LogP contribution in [-0.4, -0.2) is 25.4 Å². The minimum atomic E-state index is -3.96. The van der Waals surface area contributed by atoms with Gasteiger partial charge in [0.05, 0.1) is 5.69 Å². The number of rotatable bonds is 8. The van der Waals surface area contributed by atoms with Gasteiger partial charge in [0.25, 0.3) is 10.2 Å². The van der Waals surface area contributed by atoms with E-state index in [-0.39, 0.29) is 77.1 Å². The molecule has 0 amide bonds. The third-order valence-electron chi connectivity index (χ3n) is 4.94. The largest absolute Gasteiger partial charge is 1.00 e. The number of halogens is 2. The topological polar surface area (TPSA) is 123 Å². The summed E-state index contributed by atoms with van der Waals surface area (Å²) in [4.78, 5) is 20.6. The summed E-state index contributed by atoms with van der Waals surface area (Å²) in [6, 6.07) is 10.2. The van der Waals surface area contributed by atoms with Crippen molar-refractivity contribution in [3.63, 3.8) is 0 Å². The minimum absolute atomic E-state index is 0. The number of ether oxygens (including phenoxy) is 1. The van der Waals surface area contributed by atoms with Crippen molar-refractivity contribution in [3.8, 4) is 11.8 Å². The fourth-order valence-electron chi connectivity index (χ4n) is 3.30. The van der Waals surface area contributed by atoms with Gasteiger partial charge in [-0.3, -0.25) is 4.72 Å². The molecule has 0 bridgehead atoms. The first kappa shape index (κ1) is 26.7. The van der Waals surface area contributed by atoms with Gasteiger partial charge in [0.2, 0.25) is 0 Å². The maximum atomic E-state index is 15.0. The molecule has 0 radical (unpaired) electrons. The number of hydrogen-bond donors (Lipinski definition) is 2. The Kier molecular flexibility index (Phi) is 8.56. The van der Waals surface area contributed by atoms with Crippen molar-refractivity contribution < 1.29 is 57.3 Å². The van der Waals surface area contributed by atoms with Crippen LogP contribution in [0.3, 0.4) is 0 Å². The van der Waals surface area contributed by atoms with E-state index in [0.717, 1.165) is 0 Å². The molecule has 35 heavy (non-hydrogen) atoms. The van der Waals surface area contributed by atoms with Crippen LogP contribution in [0.2, 0.25) is 0 Å². The predicted molar refractivity (Wildman–Crippen MR) is 121 cm³/mol. The molecule has 0 aliphatic heterocycles. The third kappa shape index (κ3) is 6.03. The van der Waals surface area contributed by atoms with Crippen LogP contribution in [0, 0.1) is 5.82 Å². The molecule has 0 aliphatic carbocycles. The van der Waals surface area contributed by atoms with Gasteiger partial charge >= 0.3 is 41.2 Å². The van der Waals surface area contributed by atoms with Gasteiger partial charge in [-0.05, 0) is 29.8 Å². The van der Waals surface area contributed by atoms with Crippen LogP contribution in [0.4, 0.5) is 14.5 Å². The summed E-state index contributed by atoms with van der Waals surface area (Å²) >= 11 is 0. The number of fused-ring (bicyclic) bond motifs is 1. The molecule has 2 aromatic carbocycles. The average molecular weight is 512 g/mol. The van der Waals surface area contributed by atoms with Gasteiger partial charge < -0.3 is 10.6 Å². The average Bonchev–Trinajstić information content (AvgIpc) is 2.82. The van der Waals surface area contributed by atoms with Crippen molar-refractivity contribution in [2.45, 2.75) is 13.1 Å². The number of anilines is 1. The number of benzene rings is 2. The molecule has 2 heterocycles. The number of nitrogens with one attached hydrogen (secondary N) is 2. The number of hydrogen-bond acceptors (Lipinski definition) is 7. The molecule has 2 N–H and O–H groups in total. The van der Waals surface area contributed by atoms with E-state index in [1.807, 2.05) is 9.44 Å². The van der Waals surface area contributed by atoms with Gasteiger partial charge in [0, 0.05) is 48.4 Å². The van der Waals surface area contributed by atoms with Gasteiger partial charge in [-0.25, -0.2) is 28.3 Å². The van der Waals surface area contributed by atoms with E-state index in [9.17, 15) is 22.0 Å². The summed E-state index contributed by atoms with van der Waals surface area (Å²) in [5, 5.41) is 0.311. The fraction of sp³-hybridized carbons (Fsp3) is 0.136. The Labute approximate surface area is 222 Å². The van der Waals surface area contributed by atoms with Crippen LogP contribution in [0.25, 0.3) is 11.0 Å². The molecule has 4 rings (SSSR count). The first-order valence-electron chi connectivity index (χ1n) is 9.89. The van der Waals surface area contributed by atoms with E-state index in [1.54, 1.807) is 6.07 Å². The standard InChI is InChI=1S/C22H18F2N4O5S.Na.H/c1-25-34(30,31)28-18-5-2-4-13(20(18)24)10-16-17(12-23)15-7-6-14(11-19(15)33-21(16)29)32-22-26-8-3-9-27-22;;/h2-9,11,25,28H,10,12H2,1H3;;/q;+1;-1. The fourth-order valence-corrected chi connectivity index (χ4v) is 3.85. The van der Waals surface area contributed by atoms with Crippen molar-refractivity contribution in [2.24, 2.45) is 0 Å². The zero-order valence-electron chi connectivity index (χ0n) is 19.7. The Morgan fingerprint density at radius 3 is 2.54 bits per heavy atom. The summed E-state index contributed by atoms with van der Waals surface area (Å²) in [5.41, 5.74) is -1.15. The van der Waals surface area contributed by atoms with E-state index < -0.39 is 28.3 Å². The molecule has 4 aromatic rings. The Balaban J connectivity index is 0.00000228. The molecule has 13 heteroatoms. The molecule has 0 saturated carbocycles. The Bertz CT molecular complexity index is 1520. The van der Waals surface area contributed by atoms with Gasteiger partial charge in [-0.2, -0.15) is 8.42 Å². The molecule has 178 valence electrons. The maximum absolute atomic E-state index is 15.0. The predicted octanol–water partition coefficient (Wildman–Crippen LogP) is 0.567. The molecular weight excluding hydrogens is 493 g/mol. The van der Waals surface area contributed by atoms with Crippen molar-refractivity contribution in [1.82, 2.24) is 14.7 Å². The smallest absolute Gasteiger partial charge is 1.00 e. The maximum Gasteiger partial charge on any atom is 1.00 e. The Hall–Kier alpha value is -2.90. The van der Waals surface area contributed by atoms with Gasteiger partial charge in [-0.1, -0.05) is 12.1 Å². The molecule has 0 fully saturated rings. The van der Waals surface area contributed by atoms with E-state index in [1.165, 1.54) is 55.8 Å². The summed E-state index contributed by atoms with van der Waals surface area (Å²) in [5.74, 6) is -0.618. The zero-order chi connectivity index (χ0) is 24.3. The van der Waals surface area contributed by atoms with E-state index in [2.05, 4.69) is 9.97 Å². The van der Waals surface area contributed by atoms with Gasteiger partial charge in [0.1, 0.15) is 18.0 Å². The quantitative estimate of drug-likeness (QED) is 0.261. The van der Waals surface area contributed by atoms with E-state index in [4.69, 9.17) is 9.15 Å². The molecule has 0 atom stereocenters. The second-order valence-electron chi connectivity index (χ2n) is 7.04. The second-order valence-corrected chi connectivity index (χ2v) is 8.66. The molecule has 0 spiro atoms. The van der Waals surface area contributed by atoms with Crippen LogP contribution in [0.15, 0.2) is 64.1 Å². The zero-order valence-corrected chi connectivity index (χ0v) is 21.5. The van der Waals surface area contributed by atoms with E-state index >= 15 is 0 Å². The monoisotopic (exact) mass is 512 g/mol. The summed E-state index contributed by atoms with van der Waals surface area (Å²) in [7, 11) is -2.79. The second kappa shape index (κ2) is 11.2. The summed E-state index contributed by atoms with van der Waals surface area (Å²) < 4.78 is 67.4. The third-order valence-corrected chi connectivity index (χ3v) is 5.96. The summed E-state index contributed by atoms with van der Waals surface area (Å²) in [6.07, 6.45) is 2.68. The van der Waals surface area contributed by atoms with Crippen molar-refractivity contribution in [2.75, 3.05) is 11.8 Å². The first-order chi connectivity index (χ1) is 16.3. The van der Waals surface area contributed by atoms with Crippen molar-refractivity contribution in [3.05, 3.63) is 87.8 Å². The van der Waals surface area contributed by atoms with Gasteiger partial charge in [0.15, 0.2) is 5.82 Å². The normalized spacial score (nSPS) is 11.2. The number of aromatic nitrogens is 2. The molecular formula is C22H19F2N4NaO5S. The molecule has 0 unspecified atom stereocenters. The van der Waals surface area contributed by atoms with Crippen LogP contribution in [-0.2, 0) is 23.3 Å². The molecule has 0 aliphatic rings. The molecule has 0 saturated heterocycles. The Morgan fingerprint density at radius 1 is 1.11 bits per heavy atom.